The summed E-state index contributed by atoms with van der Waals surface area (Å²) in [6.07, 6.45) is 3.19. The molecule has 4 aliphatic rings. The molecular formula is C25H36O7. The predicted molar refractivity (Wildman–Crippen MR) is 116 cm³/mol. The molecule has 4 rings (SSSR count). The third kappa shape index (κ3) is 3.23. The second-order valence-corrected chi connectivity index (χ2v) is 10.6. The van der Waals surface area contributed by atoms with Crippen LogP contribution in [0.5, 0.6) is 0 Å². The Morgan fingerprint density at radius 3 is 2.56 bits per heavy atom. The Morgan fingerprint density at radius 2 is 2.00 bits per heavy atom. The first kappa shape index (κ1) is 23.6. The number of hydrogen-bond donors (Lipinski definition) is 1. The van der Waals surface area contributed by atoms with E-state index in [9.17, 15) is 19.5 Å². The number of fused-ring (bicyclic) bond motifs is 5. The number of carbonyl (C=O) groups is 3. The highest BCUT2D eigenvalue weighted by Gasteiger charge is 2.70. The summed E-state index contributed by atoms with van der Waals surface area (Å²) in [5.74, 6) is -2.84. The molecule has 7 nitrogen and oxygen atoms in total. The molecule has 2 saturated heterocycles. The van der Waals surface area contributed by atoms with Crippen molar-refractivity contribution < 1.29 is 33.7 Å². The molecule has 1 saturated carbocycles. The minimum Gasteiger partial charge on any atom is -0.454 e. The van der Waals surface area contributed by atoms with Crippen LogP contribution in [-0.2, 0) is 28.6 Å². The number of aliphatic hydroxyl groups is 1. The Labute approximate surface area is 189 Å². The van der Waals surface area contributed by atoms with Crippen molar-refractivity contribution in [1.82, 2.24) is 0 Å². The average Bonchev–Trinajstić information content (AvgIpc) is 2.72. The van der Waals surface area contributed by atoms with E-state index in [-0.39, 0.29) is 18.8 Å². The fourth-order valence-electron chi connectivity index (χ4n) is 7.15. The summed E-state index contributed by atoms with van der Waals surface area (Å²) >= 11 is 0. The molecular weight excluding hydrogens is 412 g/mol. The van der Waals surface area contributed by atoms with E-state index in [0.717, 1.165) is 12.0 Å². The van der Waals surface area contributed by atoms with Crippen LogP contribution in [0, 0.1) is 17.3 Å². The number of carbonyl (C=O) groups excluding carboxylic acids is 3. The molecule has 0 amide bonds. The smallest absolute Gasteiger partial charge is 0.303 e. The van der Waals surface area contributed by atoms with Gasteiger partial charge in [0.25, 0.3) is 0 Å². The molecule has 0 aromatic carbocycles. The number of ketones is 1. The molecule has 2 unspecified atom stereocenters. The minimum atomic E-state index is -1.47. The van der Waals surface area contributed by atoms with Gasteiger partial charge in [-0.05, 0) is 45.4 Å². The molecule has 2 aliphatic carbocycles. The molecule has 0 aromatic rings. The predicted octanol–water partition coefficient (Wildman–Crippen LogP) is 2.92. The van der Waals surface area contributed by atoms with Gasteiger partial charge < -0.3 is 19.3 Å². The number of hydrogen-bond acceptors (Lipinski definition) is 7. The molecule has 7 atom stereocenters. The highest BCUT2D eigenvalue weighted by atomic mass is 16.6. The zero-order valence-corrected chi connectivity index (χ0v) is 19.8. The molecule has 0 spiro atoms. The van der Waals surface area contributed by atoms with Gasteiger partial charge in [-0.3, -0.25) is 14.4 Å². The lowest BCUT2D eigenvalue weighted by molar-refractivity contribution is -0.320. The first-order valence-electron chi connectivity index (χ1n) is 11.9. The van der Waals surface area contributed by atoms with Crippen LogP contribution in [-0.4, -0.2) is 59.3 Å². The lowest BCUT2D eigenvalue weighted by Crippen LogP contribution is -2.74. The monoisotopic (exact) mass is 448 g/mol. The van der Waals surface area contributed by atoms with E-state index in [2.05, 4.69) is 6.92 Å². The second-order valence-electron chi connectivity index (χ2n) is 10.6. The van der Waals surface area contributed by atoms with Crippen molar-refractivity contribution in [1.29, 1.82) is 0 Å². The number of Topliss-reactive ketones (excluding diaryl/α,β-unsaturated/α-hetero) is 1. The summed E-state index contributed by atoms with van der Waals surface area (Å²) in [6, 6.07) is 0. The summed E-state index contributed by atoms with van der Waals surface area (Å²) in [6.45, 7) is 9.57. The van der Waals surface area contributed by atoms with Gasteiger partial charge in [0.05, 0.1) is 30.3 Å². The van der Waals surface area contributed by atoms with Crippen molar-refractivity contribution in [3.63, 3.8) is 0 Å². The summed E-state index contributed by atoms with van der Waals surface area (Å²) < 4.78 is 18.2. The van der Waals surface area contributed by atoms with Gasteiger partial charge in [0.15, 0.2) is 11.9 Å². The zero-order valence-electron chi connectivity index (χ0n) is 19.8. The summed E-state index contributed by atoms with van der Waals surface area (Å²) in [7, 11) is 0. The van der Waals surface area contributed by atoms with Gasteiger partial charge in [-0.2, -0.15) is 0 Å². The summed E-state index contributed by atoms with van der Waals surface area (Å²) in [5, 5.41) is 12.4. The minimum absolute atomic E-state index is 0.137. The van der Waals surface area contributed by atoms with Gasteiger partial charge in [-0.1, -0.05) is 31.9 Å². The number of esters is 1. The van der Waals surface area contributed by atoms with E-state index >= 15 is 0 Å². The normalized spacial score (nSPS) is 42.9. The number of aldehydes is 1. The lowest BCUT2D eigenvalue weighted by Gasteiger charge is -2.61. The van der Waals surface area contributed by atoms with E-state index in [4.69, 9.17) is 14.2 Å². The molecule has 7 heteroatoms. The Balaban J connectivity index is 1.96. The van der Waals surface area contributed by atoms with Gasteiger partial charge in [-0.25, -0.2) is 0 Å². The van der Waals surface area contributed by atoms with Crippen LogP contribution in [0.15, 0.2) is 11.1 Å². The molecule has 32 heavy (non-hydrogen) atoms. The van der Waals surface area contributed by atoms with Crippen LogP contribution in [0.3, 0.4) is 0 Å². The van der Waals surface area contributed by atoms with Crippen molar-refractivity contribution >= 4 is 18.0 Å². The Bertz CT molecular complexity index is 845. The van der Waals surface area contributed by atoms with E-state index in [1.165, 1.54) is 12.5 Å². The second kappa shape index (κ2) is 8.03. The van der Waals surface area contributed by atoms with Gasteiger partial charge in [0.1, 0.15) is 6.10 Å². The van der Waals surface area contributed by atoms with Crippen LogP contribution < -0.4 is 0 Å². The Hall–Kier alpha value is -1.57. The topological polar surface area (TPSA) is 99.1 Å². The fourth-order valence-corrected chi connectivity index (χ4v) is 7.15. The molecule has 178 valence electrons. The number of rotatable bonds is 4. The van der Waals surface area contributed by atoms with Gasteiger partial charge in [-0.15, -0.1) is 0 Å². The van der Waals surface area contributed by atoms with E-state index < -0.39 is 46.3 Å². The fraction of sp³-hybridized carbons (Fsp3) is 0.800. The van der Waals surface area contributed by atoms with Gasteiger partial charge in [0, 0.05) is 18.3 Å². The van der Waals surface area contributed by atoms with E-state index in [0.29, 0.717) is 38.4 Å². The summed E-state index contributed by atoms with van der Waals surface area (Å²) in [4.78, 5) is 37.5. The average molecular weight is 449 g/mol. The number of ether oxygens (including phenoxy) is 3. The van der Waals surface area contributed by atoms with Crippen LogP contribution in [0.1, 0.15) is 73.1 Å². The SMILES string of the molecule is CCC1=C2C[C@@H](C)OC3CCC4OC[C@@]4(OC(C)=O)[C@H]3[C@H](C(=O)C=O)[C@](O)(CC1)C2(C)C. The Morgan fingerprint density at radius 1 is 1.28 bits per heavy atom. The largest absolute Gasteiger partial charge is 0.454 e. The maximum absolute atomic E-state index is 13.3. The van der Waals surface area contributed by atoms with Crippen LogP contribution in [0.2, 0.25) is 0 Å². The maximum Gasteiger partial charge on any atom is 0.303 e. The standard InChI is InChI=1S/C25H36O7/c1-6-16-9-10-25(29)21(18(28)12-26)22-19(31-14(2)11-17(16)23(25,4)5)7-8-20-24(22,13-30-20)32-15(3)27/h12,14,19-22,29H,6-11,13H2,1-5H3/t14-,19?,20?,21+,22-,24+,25-/m1/s1. The van der Waals surface area contributed by atoms with Gasteiger partial charge >= 0.3 is 5.97 Å². The van der Waals surface area contributed by atoms with Crippen LogP contribution >= 0.6 is 0 Å². The first-order valence-corrected chi connectivity index (χ1v) is 11.9. The molecule has 3 fully saturated rings. The highest BCUT2D eigenvalue weighted by Crippen LogP contribution is 2.60. The van der Waals surface area contributed by atoms with E-state index in [1.807, 2.05) is 20.8 Å². The van der Waals surface area contributed by atoms with Crippen molar-refractivity contribution in [2.24, 2.45) is 17.3 Å². The lowest BCUT2D eigenvalue weighted by atomic mass is 9.50. The van der Waals surface area contributed by atoms with Gasteiger partial charge in [0.2, 0.25) is 5.78 Å². The molecule has 0 aromatic heterocycles. The van der Waals surface area contributed by atoms with Crippen molar-refractivity contribution in [3.05, 3.63) is 11.1 Å². The summed E-state index contributed by atoms with van der Waals surface area (Å²) in [5.41, 5.74) is -0.895. The van der Waals surface area contributed by atoms with Crippen molar-refractivity contribution in [2.45, 2.75) is 103 Å². The third-order valence-electron chi connectivity index (χ3n) is 8.76. The van der Waals surface area contributed by atoms with Crippen LogP contribution in [0.4, 0.5) is 0 Å². The molecule has 0 radical (unpaired) electrons. The first-order chi connectivity index (χ1) is 15.0. The highest BCUT2D eigenvalue weighted by molar-refractivity contribution is 6.26. The quantitative estimate of drug-likeness (QED) is 0.305. The van der Waals surface area contributed by atoms with Crippen molar-refractivity contribution in [3.8, 4) is 0 Å². The molecule has 2 bridgehead atoms. The Kier molecular flexibility index (Phi) is 5.92. The van der Waals surface area contributed by atoms with Crippen LogP contribution in [0.25, 0.3) is 0 Å². The van der Waals surface area contributed by atoms with Crippen molar-refractivity contribution in [2.75, 3.05) is 6.61 Å². The molecule has 1 N–H and O–H groups in total. The third-order valence-corrected chi connectivity index (χ3v) is 8.76. The zero-order chi connectivity index (χ0) is 23.5. The number of allylic oxidation sites excluding steroid dienone is 1. The maximum atomic E-state index is 13.3. The molecule has 2 heterocycles. The van der Waals surface area contributed by atoms with E-state index in [1.54, 1.807) is 0 Å². The molecule has 2 aliphatic heterocycles.